The lowest BCUT2D eigenvalue weighted by Gasteiger charge is -2.37. The number of ether oxygens (including phenoxy) is 4. The number of rotatable bonds is 6. The predicted molar refractivity (Wildman–Crippen MR) is 93.5 cm³/mol. The van der Waals surface area contributed by atoms with Gasteiger partial charge in [-0.2, -0.15) is 0 Å². The molecule has 7 nitrogen and oxygen atoms in total. The van der Waals surface area contributed by atoms with E-state index in [4.69, 9.17) is 18.9 Å². The van der Waals surface area contributed by atoms with Gasteiger partial charge in [0.2, 0.25) is 0 Å². The first-order chi connectivity index (χ1) is 12.6. The molecular formula is C19H25NO6. The molecule has 0 spiro atoms. The number of ketones is 1. The van der Waals surface area contributed by atoms with Crippen molar-refractivity contribution in [3.05, 3.63) is 23.8 Å². The smallest absolute Gasteiger partial charge is 0.260 e. The fourth-order valence-electron chi connectivity index (χ4n) is 3.38. The third-order valence-electron chi connectivity index (χ3n) is 4.75. The molecule has 26 heavy (non-hydrogen) atoms. The zero-order valence-electron chi connectivity index (χ0n) is 15.2. The normalized spacial score (nSPS) is 20.8. The molecule has 1 atom stereocenters. The van der Waals surface area contributed by atoms with E-state index in [-0.39, 0.29) is 30.6 Å². The summed E-state index contributed by atoms with van der Waals surface area (Å²) < 4.78 is 22.2. The maximum atomic E-state index is 12.7. The van der Waals surface area contributed by atoms with Crippen LogP contribution >= 0.6 is 0 Å². The Morgan fingerprint density at radius 3 is 2.65 bits per heavy atom. The van der Waals surface area contributed by atoms with Crippen molar-refractivity contribution < 1.29 is 28.5 Å². The van der Waals surface area contributed by atoms with Gasteiger partial charge in [-0.05, 0) is 44.4 Å². The number of benzene rings is 1. The van der Waals surface area contributed by atoms with E-state index in [1.165, 1.54) is 14.0 Å². The van der Waals surface area contributed by atoms with Gasteiger partial charge in [0, 0.05) is 12.1 Å². The van der Waals surface area contributed by atoms with Gasteiger partial charge in [0.05, 0.1) is 26.4 Å². The van der Waals surface area contributed by atoms with Gasteiger partial charge in [-0.1, -0.05) is 0 Å². The molecule has 2 aliphatic heterocycles. The molecule has 7 heteroatoms. The molecule has 1 amide bonds. The van der Waals surface area contributed by atoms with Gasteiger partial charge >= 0.3 is 0 Å². The number of hydrogen-bond donors (Lipinski definition) is 0. The summed E-state index contributed by atoms with van der Waals surface area (Å²) in [7, 11) is 1.50. The van der Waals surface area contributed by atoms with Gasteiger partial charge in [0.15, 0.2) is 30.2 Å². The molecule has 0 aliphatic carbocycles. The molecule has 2 fully saturated rings. The fraction of sp³-hybridized carbons (Fsp3) is 0.579. The first kappa shape index (κ1) is 18.7. The molecule has 2 aliphatic rings. The Morgan fingerprint density at radius 2 is 1.96 bits per heavy atom. The molecule has 0 saturated carbocycles. The maximum absolute atomic E-state index is 12.7. The summed E-state index contributed by atoms with van der Waals surface area (Å²) >= 11 is 0. The number of carbonyl (C=O) groups is 2. The Kier molecular flexibility index (Phi) is 6.11. The second-order valence-corrected chi connectivity index (χ2v) is 6.47. The first-order valence-electron chi connectivity index (χ1n) is 8.94. The molecular weight excluding hydrogens is 338 g/mol. The third-order valence-corrected chi connectivity index (χ3v) is 4.75. The van der Waals surface area contributed by atoms with E-state index in [1.807, 2.05) is 0 Å². The Labute approximate surface area is 153 Å². The highest BCUT2D eigenvalue weighted by Gasteiger charge is 2.36. The summed E-state index contributed by atoms with van der Waals surface area (Å²) in [5.74, 6) is 0.709. The Balaban J connectivity index is 1.64. The minimum Gasteiger partial charge on any atom is -0.493 e. The lowest BCUT2D eigenvalue weighted by molar-refractivity contribution is -0.152. The second-order valence-electron chi connectivity index (χ2n) is 6.47. The van der Waals surface area contributed by atoms with Crippen molar-refractivity contribution in [1.29, 1.82) is 0 Å². The van der Waals surface area contributed by atoms with Crippen molar-refractivity contribution in [2.75, 3.05) is 33.5 Å². The number of piperidine rings is 1. The molecule has 0 N–H and O–H groups in total. The van der Waals surface area contributed by atoms with Crippen LogP contribution in [0, 0.1) is 0 Å². The van der Waals surface area contributed by atoms with E-state index in [0.29, 0.717) is 36.8 Å². The molecule has 1 aromatic rings. The summed E-state index contributed by atoms with van der Waals surface area (Å²) in [4.78, 5) is 26.0. The van der Waals surface area contributed by atoms with Crippen LogP contribution in [0.3, 0.4) is 0 Å². The molecule has 142 valence electrons. The fourth-order valence-corrected chi connectivity index (χ4v) is 3.38. The topological polar surface area (TPSA) is 74.3 Å². The summed E-state index contributed by atoms with van der Waals surface area (Å²) in [5, 5.41) is 0. The van der Waals surface area contributed by atoms with Crippen molar-refractivity contribution in [1.82, 2.24) is 4.90 Å². The van der Waals surface area contributed by atoms with E-state index >= 15 is 0 Å². The van der Waals surface area contributed by atoms with Gasteiger partial charge in [0.1, 0.15) is 0 Å². The standard InChI is InChI=1S/C19H25NO6/c1-13(21)14-6-7-16(17(11-14)23-2)26-12-18(22)20-8-4-3-5-15(20)19-24-9-10-25-19/h6-7,11,15,19H,3-5,8-10,12H2,1-2H3. The third kappa shape index (κ3) is 4.16. The molecule has 0 radical (unpaired) electrons. The maximum Gasteiger partial charge on any atom is 0.260 e. The van der Waals surface area contributed by atoms with Gasteiger partial charge in [0.25, 0.3) is 5.91 Å². The molecule has 1 aromatic carbocycles. The minimum absolute atomic E-state index is 0.0568. The average Bonchev–Trinajstić information content (AvgIpc) is 3.20. The van der Waals surface area contributed by atoms with Crippen molar-refractivity contribution in [3.63, 3.8) is 0 Å². The number of Topliss-reactive ketones (excluding diaryl/α,β-unsaturated/α-hetero) is 1. The van der Waals surface area contributed by atoms with Crippen LogP contribution in [0.25, 0.3) is 0 Å². The largest absolute Gasteiger partial charge is 0.493 e. The average molecular weight is 363 g/mol. The number of likely N-dealkylation sites (tertiary alicyclic amines) is 1. The number of amides is 1. The van der Waals surface area contributed by atoms with Gasteiger partial charge in [-0.3, -0.25) is 9.59 Å². The highest BCUT2D eigenvalue weighted by molar-refractivity contribution is 5.94. The summed E-state index contributed by atoms with van der Waals surface area (Å²) in [5.41, 5.74) is 0.534. The molecule has 3 rings (SSSR count). The summed E-state index contributed by atoms with van der Waals surface area (Å²) in [6, 6.07) is 4.87. The summed E-state index contributed by atoms with van der Waals surface area (Å²) in [6.45, 7) is 3.21. The second kappa shape index (κ2) is 8.51. The van der Waals surface area contributed by atoms with Crippen LogP contribution in [-0.2, 0) is 14.3 Å². The predicted octanol–water partition coefficient (Wildman–Crippen LogP) is 2.03. The number of nitrogens with zero attached hydrogens (tertiary/aromatic N) is 1. The number of hydrogen-bond acceptors (Lipinski definition) is 6. The van der Waals surface area contributed by atoms with Gasteiger partial charge in [-0.15, -0.1) is 0 Å². The van der Waals surface area contributed by atoms with E-state index < -0.39 is 0 Å². The van der Waals surface area contributed by atoms with Crippen molar-refractivity contribution >= 4 is 11.7 Å². The Hall–Kier alpha value is -2.12. The van der Waals surface area contributed by atoms with Crippen molar-refractivity contribution in [3.8, 4) is 11.5 Å². The van der Waals surface area contributed by atoms with Crippen molar-refractivity contribution in [2.45, 2.75) is 38.5 Å². The van der Waals surface area contributed by atoms with Crippen LogP contribution in [0.4, 0.5) is 0 Å². The Bertz CT molecular complexity index is 655. The number of methoxy groups -OCH3 is 1. The molecule has 1 unspecified atom stereocenters. The first-order valence-corrected chi connectivity index (χ1v) is 8.94. The highest BCUT2D eigenvalue weighted by atomic mass is 16.7. The quantitative estimate of drug-likeness (QED) is 0.720. The monoisotopic (exact) mass is 363 g/mol. The molecule has 0 aromatic heterocycles. The van der Waals surface area contributed by atoms with Crippen molar-refractivity contribution in [2.24, 2.45) is 0 Å². The molecule has 0 bridgehead atoms. The van der Waals surface area contributed by atoms with Crippen LogP contribution in [0.15, 0.2) is 18.2 Å². The van der Waals surface area contributed by atoms with E-state index in [0.717, 1.165) is 19.3 Å². The van der Waals surface area contributed by atoms with E-state index in [1.54, 1.807) is 23.1 Å². The number of carbonyl (C=O) groups excluding carboxylic acids is 2. The van der Waals surface area contributed by atoms with Gasteiger partial charge in [-0.25, -0.2) is 0 Å². The van der Waals surface area contributed by atoms with Crippen LogP contribution in [0.2, 0.25) is 0 Å². The highest BCUT2D eigenvalue weighted by Crippen LogP contribution is 2.29. The van der Waals surface area contributed by atoms with Crippen LogP contribution < -0.4 is 9.47 Å². The summed E-state index contributed by atoms with van der Waals surface area (Å²) in [6.07, 6.45) is 2.54. The van der Waals surface area contributed by atoms with E-state index in [2.05, 4.69) is 0 Å². The van der Waals surface area contributed by atoms with E-state index in [9.17, 15) is 9.59 Å². The molecule has 2 heterocycles. The SMILES string of the molecule is COc1cc(C(C)=O)ccc1OCC(=O)N1CCCCC1C1OCCO1. The van der Waals surface area contributed by atoms with Gasteiger partial charge < -0.3 is 23.8 Å². The zero-order chi connectivity index (χ0) is 18.5. The lowest BCUT2D eigenvalue weighted by atomic mass is 10.0. The minimum atomic E-state index is -0.344. The zero-order valence-corrected chi connectivity index (χ0v) is 15.2. The molecule has 2 saturated heterocycles. The lowest BCUT2D eigenvalue weighted by Crippen LogP contribution is -2.51. The van der Waals surface area contributed by atoms with Crippen LogP contribution in [0.5, 0.6) is 11.5 Å². The van der Waals surface area contributed by atoms with Crippen LogP contribution in [0.1, 0.15) is 36.5 Å². The Morgan fingerprint density at radius 1 is 1.19 bits per heavy atom. The van der Waals surface area contributed by atoms with Crippen LogP contribution in [-0.4, -0.2) is 62.4 Å².